The van der Waals surface area contributed by atoms with Crippen molar-refractivity contribution in [1.29, 1.82) is 0 Å². The van der Waals surface area contributed by atoms with Crippen LogP contribution in [-0.2, 0) is 32.2 Å². The third kappa shape index (κ3) is 11.8. The molecule has 0 aromatic heterocycles. The van der Waals surface area contributed by atoms with Crippen molar-refractivity contribution in [2.45, 2.75) is 45.4 Å². The number of rotatable bonds is 8. The molecule has 3 aliphatic rings. The summed E-state index contributed by atoms with van der Waals surface area (Å²) in [6.07, 6.45) is 1.88. The normalized spacial score (nSPS) is 24.4. The van der Waals surface area contributed by atoms with Gasteiger partial charge in [0, 0.05) is 44.6 Å². The third-order valence-corrected chi connectivity index (χ3v) is 8.24. The van der Waals surface area contributed by atoms with Gasteiger partial charge in [0.1, 0.15) is 5.92 Å². The van der Waals surface area contributed by atoms with E-state index in [9.17, 15) is 14.4 Å². The first kappa shape index (κ1) is 35.5. The lowest BCUT2D eigenvalue weighted by atomic mass is 9.95. The van der Waals surface area contributed by atoms with Gasteiger partial charge in [-0.25, -0.2) is 0 Å². The first-order valence-corrected chi connectivity index (χ1v) is 15.7. The summed E-state index contributed by atoms with van der Waals surface area (Å²) in [7, 11) is 0. The second kappa shape index (κ2) is 19.4. The van der Waals surface area contributed by atoms with Crippen molar-refractivity contribution < 1.29 is 34.4 Å². The van der Waals surface area contributed by atoms with Gasteiger partial charge >= 0.3 is 5.97 Å². The van der Waals surface area contributed by atoms with Gasteiger partial charge in [0.15, 0.2) is 11.6 Å². The Morgan fingerprint density at radius 2 is 1.41 bits per heavy atom. The van der Waals surface area contributed by atoms with E-state index >= 15 is 0 Å². The molecule has 4 N–H and O–H groups in total. The summed E-state index contributed by atoms with van der Waals surface area (Å²) in [4.78, 5) is 39.4. The minimum atomic E-state index is -0.563. The highest BCUT2D eigenvalue weighted by molar-refractivity contribution is 6.00. The summed E-state index contributed by atoms with van der Waals surface area (Å²) in [5.74, 6) is -0.817. The fraction of sp³-hybridized carbons (Fsp3) is 0.559. The Hall–Kier alpha value is -2.99. The Labute approximate surface area is 261 Å². The van der Waals surface area contributed by atoms with E-state index in [0.717, 1.165) is 45.6 Å². The number of nitrogens with one attached hydrogen (secondary N) is 1. The molecule has 242 valence electrons. The molecule has 0 saturated carbocycles. The number of piperidine rings is 3. The molecule has 0 bridgehead atoms. The molecule has 4 atom stereocenters. The van der Waals surface area contributed by atoms with E-state index in [2.05, 4.69) is 27.2 Å². The molecule has 10 heteroatoms. The van der Waals surface area contributed by atoms with Crippen LogP contribution >= 0.6 is 0 Å². The molecule has 4 unspecified atom stereocenters. The van der Waals surface area contributed by atoms with Crippen LogP contribution in [0, 0.1) is 17.8 Å². The largest absolute Gasteiger partial charge is 0.465 e. The molecule has 3 fully saturated rings. The number of carbonyl (C=O) groups is 3. The molecule has 3 saturated heterocycles. The Balaban J connectivity index is 0.000000191. The summed E-state index contributed by atoms with van der Waals surface area (Å²) in [6.45, 7) is 7.78. The number of aliphatic hydroxyl groups is 3. The van der Waals surface area contributed by atoms with Crippen LogP contribution < -0.4 is 5.32 Å². The first-order chi connectivity index (χ1) is 21.3. The highest BCUT2D eigenvalue weighted by Gasteiger charge is 2.33. The summed E-state index contributed by atoms with van der Waals surface area (Å²) in [6, 6.07) is 20.2. The van der Waals surface area contributed by atoms with E-state index < -0.39 is 5.92 Å². The van der Waals surface area contributed by atoms with Gasteiger partial charge in [0.2, 0.25) is 0 Å². The molecule has 5 rings (SSSR count). The number of nitrogens with zero attached hydrogens (tertiary/aromatic N) is 2. The molecule has 2 aromatic carbocycles. The van der Waals surface area contributed by atoms with Gasteiger partial charge in [-0.15, -0.1) is 0 Å². The molecule has 3 aliphatic heterocycles. The second-order valence-electron chi connectivity index (χ2n) is 11.6. The third-order valence-electron chi connectivity index (χ3n) is 8.24. The van der Waals surface area contributed by atoms with E-state index in [1.807, 2.05) is 48.5 Å². The van der Waals surface area contributed by atoms with Gasteiger partial charge in [-0.3, -0.25) is 24.2 Å². The maximum absolute atomic E-state index is 12.0. The van der Waals surface area contributed by atoms with E-state index in [1.165, 1.54) is 11.1 Å². The van der Waals surface area contributed by atoms with Crippen LogP contribution in [0.4, 0.5) is 0 Å². The molecule has 0 aliphatic carbocycles. The number of ether oxygens (including phenoxy) is 1. The summed E-state index contributed by atoms with van der Waals surface area (Å²) in [5, 5.41) is 29.9. The van der Waals surface area contributed by atoms with Crippen molar-refractivity contribution >= 4 is 17.5 Å². The van der Waals surface area contributed by atoms with Gasteiger partial charge in [-0.05, 0) is 50.4 Å². The lowest BCUT2D eigenvalue weighted by molar-refractivity contribution is -0.153. The molecular formula is C34H49N3O7. The van der Waals surface area contributed by atoms with Gasteiger partial charge < -0.3 is 25.4 Å². The maximum atomic E-state index is 12.0. The van der Waals surface area contributed by atoms with Crippen molar-refractivity contribution in [2.24, 2.45) is 17.8 Å². The number of β-amino-alcohol motifs (C(OH)–C–C–N with tert-alkyl or cyclic N) is 1. The lowest BCUT2D eigenvalue weighted by Gasteiger charge is -2.29. The second-order valence-corrected chi connectivity index (χ2v) is 11.6. The number of benzene rings is 2. The van der Waals surface area contributed by atoms with Crippen LogP contribution in [0.2, 0.25) is 0 Å². The number of esters is 1. The molecule has 44 heavy (non-hydrogen) atoms. The van der Waals surface area contributed by atoms with Gasteiger partial charge in [-0.2, -0.15) is 0 Å². The zero-order valence-electron chi connectivity index (χ0n) is 25.9. The Morgan fingerprint density at radius 1 is 0.841 bits per heavy atom. The van der Waals surface area contributed by atoms with Crippen molar-refractivity contribution in [2.75, 3.05) is 59.1 Å². The van der Waals surface area contributed by atoms with E-state index in [1.54, 1.807) is 6.92 Å². The van der Waals surface area contributed by atoms with E-state index in [-0.39, 0.29) is 48.7 Å². The Bertz CT molecular complexity index is 1130. The average Bonchev–Trinajstić information content (AvgIpc) is 3.03. The van der Waals surface area contributed by atoms with Gasteiger partial charge in [0.05, 0.1) is 32.4 Å². The van der Waals surface area contributed by atoms with Gasteiger partial charge in [-0.1, -0.05) is 60.7 Å². The summed E-state index contributed by atoms with van der Waals surface area (Å²) >= 11 is 0. The Morgan fingerprint density at radius 3 is 1.86 bits per heavy atom. The average molecular weight is 612 g/mol. The van der Waals surface area contributed by atoms with Gasteiger partial charge in [0.25, 0.3) is 0 Å². The highest BCUT2D eigenvalue weighted by Crippen LogP contribution is 2.18. The van der Waals surface area contributed by atoms with Crippen LogP contribution in [-0.4, -0.2) is 108 Å². The van der Waals surface area contributed by atoms with Crippen molar-refractivity contribution in [3.05, 3.63) is 71.8 Å². The fourth-order valence-corrected chi connectivity index (χ4v) is 5.56. The number of ketones is 2. The van der Waals surface area contributed by atoms with Crippen molar-refractivity contribution in [3.63, 3.8) is 0 Å². The number of likely N-dealkylation sites (tertiary alicyclic amines) is 2. The number of Topliss-reactive ketones (excluding diaryl/α,β-unsaturated/α-hetero) is 2. The van der Waals surface area contributed by atoms with Crippen LogP contribution in [0.15, 0.2) is 60.7 Å². The highest BCUT2D eigenvalue weighted by atomic mass is 16.5. The van der Waals surface area contributed by atoms with E-state index in [4.69, 9.17) is 20.1 Å². The number of hydrogen-bond acceptors (Lipinski definition) is 10. The molecule has 3 heterocycles. The monoisotopic (exact) mass is 611 g/mol. The zero-order chi connectivity index (χ0) is 31.7. The van der Waals surface area contributed by atoms with Crippen LogP contribution in [0.25, 0.3) is 0 Å². The van der Waals surface area contributed by atoms with Crippen LogP contribution in [0.5, 0.6) is 0 Å². The predicted octanol–water partition coefficient (Wildman–Crippen LogP) is 1.66. The molecule has 0 radical (unpaired) electrons. The zero-order valence-corrected chi connectivity index (χ0v) is 25.9. The van der Waals surface area contributed by atoms with E-state index in [0.29, 0.717) is 32.7 Å². The molecule has 10 nitrogen and oxygen atoms in total. The molecule has 2 aromatic rings. The molecule has 0 spiro atoms. The minimum Gasteiger partial charge on any atom is -0.465 e. The Kier molecular flexibility index (Phi) is 15.7. The summed E-state index contributed by atoms with van der Waals surface area (Å²) in [5.41, 5.74) is 2.42. The summed E-state index contributed by atoms with van der Waals surface area (Å²) < 4.78 is 4.93. The predicted molar refractivity (Wildman–Crippen MR) is 167 cm³/mol. The number of hydrogen-bond donors (Lipinski definition) is 4. The lowest BCUT2D eigenvalue weighted by Crippen LogP contribution is -2.43. The fourth-order valence-electron chi connectivity index (χ4n) is 5.56. The first-order valence-electron chi connectivity index (χ1n) is 15.7. The smallest absolute Gasteiger partial charge is 0.316 e. The van der Waals surface area contributed by atoms with Crippen LogP contribution in [0.1, 0.15) is 37.3 Å². The molecule has 0 amide bonds. The number of carbonyl (C=O) groups excluding carboxylic acids is 3. The topological polar surface area (TPSA) is 140 Å². The minimum absolute atomic E-state index is 0.00197. The quantitative estimate of drug-likeness (QED) is 0.257. The maximum Gasteiger partial charge on any atom is 0.316 e. The van der Waals surface area contributed by atoms with Crippen molar-refractivity contribution in [3.8, 4) is 0 Å². The molecular weight excluding hydrogens is 562 g/mol. The number of aliphatic hydroxyl groups excluding tert-OH is 3. The van der Waals surface area contributed by atoms with Crippen molar-refractivity contribution in [1.82, 2.24) is 15.1 Å². The standard InChI is InChI=1S/C15H19NO3.C13H17NO2.C6H13NO2/c1-2-19-15(18)13-8-9-16(11-14(13)17)10-12-6-4-3-5-7-12;15-10-12-6-7-14(9-13(12)16)8-11-4-2-1-3-5-11;8-4-5-1-2-7-3-6(5)9/h3-7,13H,2,8-11H2,1H3;1-5,12,15H,6-10H2;5-9H,1-4H2. The SMILES string of the molecule is CCOC(=O)C1CCN(Cc2ccccc2)CC1=O.O=C1CN(Cc2ccccc2)CCC1CO.OCC1CCNCC1O. The van der Waals surface area contributed by atoms with Crippen LogP contribution in [0.3, 0.4) is 0 Å².